The zero-order valence-electron chi connectivity index (χ0n) is 13.3. The van der Waals surface area contributed by atoms with Crippen molar-refractivity contribution < 1.29 is 13.6 Å². The number of anilines is 1. The van der Waals surface area contributed by atoms with E-state index >= 15 is 0 Å². The van der Waals surface area contributed by atoms with Crippen molar-refractivity contribution in [3.8, 4) is 0 Å². The fourth-order valence-corrected chi connectivity index (χ4v) is 4.13. The summed E-state index contributed by atoms with van der Waals surface area (Å²) in [5.74, 6) is 0.223. The van der Waals surface area contributed by atoms with Crippen LogP contribution in [-0.2, 0) is 12.0 Å². The van der Waals surface area contributed by atoms with Crippen LogP contribution in [0.15, 0.2) is 34.9 Å². The summed E-state index contributed by atoms with van der Waals surface area (Å²) in [6.45, 7) is 0.799. The highest BCUT2D eigenvalue weighted by Crippen LogP contribution is 2.51. The van der Waals surface area contributed by atoms with Crippen LogP contribution in [0.5, 0.6) is 0 Å². The zero-order chi connectivity index (χ0) is 16.0. The van der Waals surface area contributed by atoms with E-state index in [-0.39, 0.29) is 36.1 Å². The van der Waals surface area contributed by atoms with Crippen LogP contribution in [-0.4, -0.2) is 12.5 Å². The van der Waals surface area contributed by atoms with Crippen LogP contribution in [0.3, 0.4) is 0 Å². The second kappa shape index (κ2) is 6.22. The summed E-state index contributed by atoms with van der Waals surface area (Å²) >= 11 is 0. The highest BCUT2D eigenvalue weighted by Gasteiger charge is 2.48. The van der Waals surface area contributed by atoms with Crippen molar-refractivity contribution in [3.05, 3.63) is 53.2 Å². The molecule has 1 fully saturated rings. The molecule has 0 atom stereocenters. The summed E-state index contributed by atoms with van der Waals surface area (Å²) in [7, 11) is 0. The molecule has 128 valence electrons. The highest BCUT2D eigenvalue weighted by molar-refractivity contribution is 6.07. The first kappa shape index (κ1) is 17.0. The first-order chi connectivity index (χ1) is 11.1. The van der Waals surface area contributed by atoms with Gasteiger partial charge < -0.3 is 15.1 Å². The fraction of sp³-hybridized carbons (Fsp3) is 0.389. The minimum absolute atomic E-state index is 0. The summed E-state index contributed by atoms with van der Waals surface area (Å²) in [4.78, 5) is 14.6. The Labute approximate surface area is 146 Å². The number of carbonyl (C=O) groups is 1. The van der Waals surface area contributed by atoms with E-state index in [1.54, 1.807) is 17.0 Å². The molecule has 24 heavy (non-hydrogen) atoms. The number of hydrogen-bond acceptors (Lipinski definition) is 3. The SMILES string of the molecule is Cl.NCc1cc(C(=O)N2CC3(CCCC3)c3c(F)cccc32)co1. The number of nitrogens with zero attached hydrogens (tertiary/aromatic N) is 1. The first-order valence-electron chi connectivity index (χ1n) is 8.03. The summed E-state index contributed by atoms with van der Waals surface area (Å²) in [6, 6.07) is 6.68. The van der Waals surface area contributed by atoms with Crippen molar-refractivity contribution in [2.45, 2.75) is 37.6 Å². The Bertz CT molecular complexity index is 768. The average Bonchev–Trinajstić information content (AvgIpc) is 3.27. The van der Waals surface area contributed by atoms with Crippen LogP contribution >= 0.6 is 12.4 Å². The minimum Gasteiger partial charge on any atom is -0.467 e. The van der Waals surface area contributed by atoms with Crippen molar-refractivity contribution in [2.24, 2.45) is 5.73 Å². The fourth-order valence-electron chi connectivity index (χ4n) is 4.13. The third-order valence-electron chi connectivity index (χ3n) is 5.18. The van der Waals surface area contributed by atoms with Crippen molar-refractivity contribution in [1.29, 1.82) is 0 Å². The van der Waals surface area contributed by atoms with Crippen LogP contribution in [0.1, 0.15) is 47.4 Å². The van der Waals surface area contributed by atoms with E-state index in [9.17, 15) is 9.18 Å². The van der Waals surface area contributed by atoms with Crippen molar-refractivity contribution in [3.63, 3.8) is 0 Å². The molecule has 1 aromatic heterocycles. The van der Waals surface area contributed by atoms with Gasteiger partial charge in [-0.3, -0.25) is 4.79 Å². The minimum atomic E-state index is -0.225. The van der Waals surface area contributed by atoms with Crippen LogP contribution in [0.25, 0.3) is 0 Å². The third kappa shape index (κ3) is 2.43. The van der Waals surface area contributed by atoms with Gasteiger partial charge in [-0.1, -0.05) is 18.9 Å². The molecule has 2 N–H and O–H groups in total. The van der Waals surface area contributed by atoms with E-state index in [1.165, 1.54) is 12.3 Å². The molecule has 4 nitrogen and oxygen atoms in total. The van der Waals surface area contributed by atoms with Gasteiger partial charge in [0.1, 0.15) is 17.8 Å². The number of halogens is 2. The summed E-state index contributed by atoms with van der Waals surface area (Å²) < 4.78 is 19.8. The molecule has 1 saturated carbocycles. The Kier molecular flexibility index (Phi) is 4.40. The van der Waals surface area contributed by atoms with Crippen LogP contribution in [0, 0.1) is 5.82 Å². The Balaban J connectivity index is 0.00000169. The maximum atomic E-state index is 14.5. The van der Waals surface area contributed by atoms with Crippen LogP contribution in [0.2, 0.25) is 0 Å². The van der Waals surface area contributed by atoms with Gasteiger partial charge in [-0.05, 0) is 31.0 Å². The van der Waals surface area contributed by atoms with Gasteiger partial charge in [-0.25, -0.2) is 4.39 Å². The number of rotatable bonds is 2. The van der Waals surface area contributed by atoms with E-state index < -0.39 is 0 Å². The highest BCUT2D eigenvalue weighted by atomic mass is 35.5. The van der Waals surface area contributed by atoms with Crippen molar-refractivity contribution >= 4 is 24.0 Å². The smallest absolute Gasteiger partial charge is 0.261 e. The maximum Gasteiger partial charge on any atom is 0.261 e. The second-order valence-electron chi connectivity index (χ2n) is 6.52. The number of furan rings is 1. The molecule has 0 unspecified atom stereocenters. The monoisotopic (exact) mass is 350 g/mol. The number of hydrogen-bond donors (Lipinski definition) is 1. The van der Waals surface area contributed by atoms with Crippen LogP contribution in [0.4, 0.5) is 10.1 Å². The predicted octanol–water partition coefficient (Wildman–Crippen LogP) is 3.77. The third-order valence-corrected chi connectivity index (χ3v) is 5.18. The molecule has 1 amide bonds. The van der Waals surface area contributed by atoms with E-state index in [0.29, 0.717) is 29.1 Å². The Morgan fingerprint density at radius 2 is 2.08 bits per heavy atom. The van der Waals surface area contributed by atoms with Crippen LogP contribution < -0.4 is 10.6 Å². The number of benzene rings is 1. The van der Waals surface area contributed by atoms with Gasteiger partial charge in [0, 0.05) is 17.5 Å². The molecule has 0 bridgehead atoms. The van der Waals surface area contributed by atoms with Crippen molar-refractivity contribution in [1.82, 2.24) is 0 Å². The Hall–Kier alpha value is -1.85. The molecule has 1 aromatic carbocycles. The van der Waals surface area contributed by atoms with Crippen molar-refractivity contribution in [2.75, 3.05) is 11.4 Å². The molecule has 6 heteroatoms. The van der Waals surface area contributed by atoms with Gasteiger partial charge in [0.2, 0.25) is 0 Å². The number of fused-ring (bicyclic) bond motifs is 2. The van der Waals surface area contributed by atoms with Gasteiger partial charge in [0.15, 0.2) is 0 Å². The molecular weight excluding hydrogens is 331 g/mol. The predicted molar refractivity (Wildman–Crippen MR) is 92.1 cm³/mol. The number of carbonyl (C=O) groups excluding carboxylic acids is 1. The molecule has 1 aliphatic heterocycles. The van der Waals surface area contributed by atoms with Gasteiger partial charge in [0.25, 0.3) is 5.91 Å². The Morgan fingerprint density at radius 3 is 2.75 bits per heavy atom. The normalized spacial score (nSPS) is 17.8. The molecule has 4 rings (SSSR count). The lowest BCUT2D eigenvalue weighted by Crippen LogP contribution is -2.35. The molecule has 2 aromatic rings. The first-order valence-corrected chi connectivity index (χ1v) is 8.03. The van der Waals surface area contributed by atoms with E-state index in [2.05, 4.69) is 0 Å². The average molecular weight is 351 g/mol. The molecule has 0 radical (unpaired) electrons. The largest absolute Gasteiger partial charge is 0.467 e. The van der Waals surface area contributed by atoms with E-state index in [4.69, 9.17) is 10.2 Å². The van der Waals surface area contributed by atoms with E-state index in [0.717, 1.165) is 25.7 Å². The molecular formula is C18H20ClFN2O2. The van der Waals surface area contributed by atoms with Gasteiger partial charge in [-0.2, -0.15) is 0 Å². The summed E-state index contributed by atoms with van der Waals surface area (Å²) in [5.41, 5.74) is 7.20. The molecule has 1 spiro atoms. The summed E-state index contributed by atoms with van der Waals surface area (Å²) in [6.07, 6.45) is 5.47. The quantitative estimate of drug-likeness (QED) is 0.896. The maximum absolute atomic E-state index is 14.5. The number of nitrogens with two attached hydrogens (primary N) is 1. The number of amides is 1. The molecule has 1 aliphatic carbocycles. The van der Waals surface area contributed by atoms with Gasteiger partial charge >= 0.3 is 0 Å². The lowest BCUT2D eigenvalue weighted by atomic mass is 9.80. The lowest BCUT2D eigenvalue weighted by Gasteiger charge is -2.24. The molecule has 2 aliphatic rings. The molecule has 0 saturated heterocycles. The second-order valence-corrected chi connectivity index (χ2v) is 6.52. The standard InChI is InChI=1S/C18H19FN2O2.ClH/c19-14-4-3-5-15-16(14)18(6-1-2-7-18)11-21(15)17(22)12-8-13(9-20)23-10-12;/h3-5,8,10H,1-2,6-7,9,11,20H2;1H. The van der Waals surface area contributed by atoms with Gasteiger partial charge in [0.05, 0.1) is 17.8 Å². The Morgan fingerprint density at radius 1 is 1.33 bits per heavy atom. The van der Waals surface area contributed by atoms with Gasteiger partial charge in [-0.15, -0.1) is 12.4 Å². The zero-order valence-corrected chi connectivity index (χ0v) is 14.1. The topological polar surface area (TPSA) is 59.5 Å². The molecule has 2 heterocycles. The summed E-state index contributed by atoms with van der Waals surface area (Å²) in [5, 5.41) is 0. The van der Waals surface area contributed by atoms with E-state index in [1.807, 2.05) is 6.07 Å². The lowest BCUT2D eigenvalue weighted by molar-refractivity contribution is 0.0984.